The molecule has 0 saturated carbocycles. The summed E-state index contributed by atoms with van der Waals surface area (Å²) in [5, 5.41) is 9.07. The molecule has 4 nitrogen and oxygen atoms in total. The first-order valence-electron chi connectivity index (χ1n) is 5.33. The highest BCUT2D eigenvalue weighted by Gasteiger charge is 2.22. The number of ether oxygens (including phenoxy) is 1. The molecule has 1 aromatic carbocycles. The zero-order chi connectivity index (χ0) is 12.4. The highest BCUT2D eigenvalue weighted by atomic mass is 127. The van der Waals surface area contributed by atoms with Gasteiger partial charge in [0, 0.05) is 19.2 Å². The SMILES string of the molecule is Nc1cc(I)c(F)cc1N1CCOC(CO)C1. The summed E-state index contributed by atoms with van der Waals surface area (Å²) in [4.78, 5) is 1.94. The van der Waals surface area contributed by atoms with E-state index in [4.69, 9.17) is 15.6 Å². The zero-order valence-corrected chi connectivity index (χ0v) is 11.4. The van der Waals surface area contributed by atoms with Crippen LogP contribution in [0, 0.1) is 9.39 Å². The van der Waals surface area contributed by atoms with Gasteiger partial charge in [-0.15, -0.1) is 0 Å². The van der Waals surface area contributed by atoms with Gasteiger partial charge in [0.1, 0.15) is 5.82 Å². The fourth-order valence-corrected chi connectivity index (χ4v) is 2.37. The molecule has 0 spiro atoms. The number of nitrogens with two attached hydrogens (primary N) is 1. The standard InChI is InChI=1S/C11H14FIN2O2/c12-8-3-11(10(14)4-9(8)13)15-1-2-17-7(5-15)6-16/h3-4,7,16H,1-2,5-6,14H2. The highest BCUT2D eigenvalue weighted by Crippen LogP contribution is 2.28. The van der Waals surface area contributed by atoms with Crippen molar-refractivity contribution in [3.8, 4) is 0 Å². The summed E-state index contributed by atoms with van der Waals surface area (Å²) in [6.07, 6.45) is -0.231. The van der Waals surface area contributed by atoms with Crippen molar-refractivity contribution in [2.45, 2.75) is 6.10 Å². The Morgan fingerprint density at radius 1 is 1.59 bits per heavy atom. The molecule has 0 aromatic heterocycles. The number of hydrogen-bond acceptors (Lipinski definition) is 4. The third kappa shape index (κ3) is 2.80. The minimum absolute atomic E-state index is 0.0384. The van der Waals surface area contributed by atoms with Crippen molar-refractivity contribution < 1.29 is 14.2 Å². The summed E-state index contributed by atoms with van der Waals surface area (Å²) in [5.74, 6) is -0.276. The fraction of sp³-hybridized carbons (Fsp3) is 0.455. The van der Waals surface area contributed by atoms with Crippen molar-refractivity contribution >= 4 is 34.0 Å². The molecule has 0 amide bonds. The maximum absolute atomic E-state index is 13.5. The molecule has 0 radical (unpaired) electrons. The smallest absolute Gasteiger partial charge is 0.138 e. The average Bonchev–Trinajstić information content (AvgIpc) is 2.34. The summed E-state index contributed by atoms with van der Waals surface area (Å²) < 4.78 is 19.4. The summed E-state index contributed by atoms with van der Waals surface area (Å²) in [6, 6.07) is 3.06. The van der Waals surface area contributed by atoms with E-state index in [0.717, 1.165) is 0 Å². The summed E-state index contributed by atoms with van der Waals surface area (Å²) in [5.41, 5.74) is 7.11. The molecule has 1 heterocycles. The number of halogens is 2. The number of anilines is 2. The number of rotatable bonds is 2. The molecule has 1 saturated heterocycles. The molecule has 6 heteroatoms. The van der Waals surface area contributed by atoms with Crippen LogP contribution in [0.2, 0.25) is 0 Å². The van der Waals surface area contributed by atoms with Gasteiger partial charge in [0.15, 0.2) is 0 Å². The molecule has 17 heavy (non-hydrogen) atoms. The minimum atomic E-state index is -0.276. The molecule has 2 rings (SSSR count). The Bertz CT molecular complexity index is 417. The lowest BCUT2D eigenvalue weighted by Crippen LogP contribution is -2.44. The van der Waals surface area contributed by atoms with E-state index in [-0.39, 0.29) is 18.5 Å². The zero-order valence-electron chi connectivity index (χ0n) is 9.20. The fourth-order valence-electron chi connectivity index (χ4n) is 1.87. The lowest BCUT2D eigenvalue weighted by atomic mass is 10.2. The van der Waals surface area contributed by atoms with Gasteiger partial charge in [0.2, 0.25) is 0 Å². The van der Waals surface area contributed by atoms with Crippen molar-refractivity contribution in [3.05, 3.63) is 21.5 Å². The van der Waals surface area contributed by atoms with Crippen molar-refractivity contribution in [1.82, 2.24) is 0 Å². The summed E-state index contributed by atoms with van der Waals surface area (Å²) in [6.45, 7) is 1.66. The molecule has 1 unspecified atom stereocenters. The molecule has 0 bridgehead atoms. The lowest BCUT2D eigenvalue weighted by molar-refractivity contribution is 0.00359. The average molecular weight is 352 g/mol. The number of hydrogen-bond donors (Lipinski definition) is 2. The van der Waals surface area contributed by atoms with Crippen LogP contribution in [0.3, 0.4) is 0 Å². The van der Waals surface area contributed by atoms with Gasteiger partial charge in [0.05, 0.1) is 34.3 Å². The Labute approximate surface area is 113 Å². The molecule has 1 aliphatic rings. The molecule has 1 aliphatic heterocycles. The minimum Gasteiger partial charge on any atom is -0.397 e. The maximum Gasteiger partial charge on any atom is 0.138 e. The quantitative estimate of drug-likeness (QED) is 0.621. The van der Waals surface area contributed by atoms with Gasteiger partial charge in [-0.05, 0) is 28.7 Å². The van der Waals surface area contributed by atoms with Gasteiger partial charge in [-0.25, -0.2) is 4.39 Å². The van der Waals surface area contributed by atoms with Crippen LogP contribution in [0.4, 0.5) is 15.8 Å². The van der Waals surface area contributed by atoms with E-state index >= 15 is 0 Å². The molecule has 1 atom stereocenters. The Balaban J connectivity index is 2.24. The van der Waals surface area contributed by atoms with Gasteiger partial charge < -0.3 is 20.5 Å². The Morgan fingerprint density at radius 2 is 2.35 bits per heavy atom. The van der Waals surface area contributed by atoms with Gasteiger partial charge >= 0.3 is 0 Å². The molecule has 1 aromatic rings. The van der Waals surface area contributed by atoms with Crippen LogP contribution in [-0.2, 0) is 4.74 Å². The van der Waals surface area contributed by atoms with E-state index in [0.29, 0.717) is 34.6 Å². The first-order chi connectivity index (χ1) is 8.11. The van der Waals surface area contributed by atoms with Gasteiger partial charge in [-0.3, -0.25) is 0 Å². The number of nitrogen functional groups attached to an aromatic ring is 1. The van der Waals surface area contributed by atoms with Crippen molar-refractivity contribution in [2.24, 2.45) is 0 Å². The topological polar surface area (TPSA) is 58.7 Å². The predicted octanol–water partition coefficient (Wildman–Crippen LogP) is 1.21. The van der Waals surface area contributed by atoms with Crippen LogP contribution < -0.4 is 10.6 Å². The molecule has 0 aliphatic carbocycles. The lowest BCUT2D eigenvalue weighted by Gasteiger charge is -2.34. The Morgan fingerprint density at radius 3 is 3.06 bits per heavy atom. The monoisotopic (exact) mass is 352 g/mol. The van der Waals surface area contributed by atoms with Crippen LogP contribution in [-0.4, -0.2) is 37.5 Å². The summed E-state index contributed by atoms with van der Waals surface area (Å²) in [7, 11) is 0. The normalized spacial score (nSPS) is 20.6. The molecular weight excluding hydrogens is 338 g/mol. The van der Waals surface area contributed by atoms with E-state index in [1.54, 1.807) is 6.07 Å². The van der Waals surface area contributed by atoms with E-state index in [1.165, 1.54) is 6.07 Å². The van der Waals surface area contributed by atoms with Gasteiger partial charge in [-0.2, -0.15) is 0 Å². The van der Waals surface area contributed by atoms with Crippen LogP contribution in [0.15, 0.2) is 12.1 Å². The number of aliphatic hydroxyl groups excluding tert-OH is 1. The van der Waals surface area contributed by atoms with Gasteiger partial charge in [-0.1, -0.05) is 0 Å². The van der Waals surface area contributed by atoms with Crippen molar-refractivity contribution in [3.63, 3.8) is 0 Å². The second-order valence-electron chi connectivity index (χ2n) is 3.95. The van der Waals surface area contributed by atoms with Crippen LogP contribution >= 0.6 is 22.6 Å². The van der Waals surface area contributed by atoms with Crippen LogP contribution in [0.25, 0.3) is 0 Å². The second kappa shape index (κ2) is 5.36. The van der Waals surface area contributed by atoms with Crippen molar-refractivity contribution in [2.75, 3.05) is 36.9 Å². The van der Waals surface area contributed by atoms with Crippen LogP contribution in [0.1, 0.15) is 0 Å². The third-order valence-electron chi connectivity index (χ3n) is 2.75. The van der Waals surface area contributed by atoms with E-state index in [1.807, 2.05) is 27.5 Å². The number of morpholine rings is 1. The van der Waals surface area contributed by atoms with Gasteiger partial charge in [0.25, 0.3) is 0 Å². The van der Waals surface area contributed by atoms with E-state index < -0.39 is 0 Å². The first kappa shape index (κ1) is 12.8. The predicted molar refractivity (Wildman–Crippen MR) is 72.6 cm³/mol. The molecular formula is C11H14FIN2O2. The van der Waals surface area contributed by atoms with E-state index in [9.17, 15) is 4.39 Å². The van der Waals surface area contributed by atoms with E-state index in [2.05, 4.69) is 0 Å². The number of aliphatic hydroxyl groups is 1. The first-order valence-corrected chi connectivity index (χ1v) is 6.41. The number of nitrogens with zero attached hydrogens (tertiary/aromatic N) is 1. The Hall–Kier alpha value is -0.600. The van der Waals surface area contributed by atoms with Crippen LogP contribution in [0.5, 0.6) is 0 Å². The molecule has 3 N–H and O–H groups in total. The summed E-state index contributed by atoms with van der Waals surface area (Å²) >= 11 is 1.91. The van der Waals surface area contributed by atoms with Crippen molar-refractivity contribution in [1.29, 1.82) is 0 Å². The molecule has 94 valence electrons. The largest absolute Gasteiger partial charge is 0.397 e. The second-order valence-corrected chi connectivity index (χ2v) is 5.11. The third-order valence-corrected chi connectivity index (χ3v) is 3.58. The Kier molecular flexibility index (Phi) is 4.05. The maximum atomic E-state index is 13.5. The molecule has 1 fully saturated rings. The number of benzene rings is 1. The highest BCUT2D eigenvalue weighted by molar-refractivity contribution is 14.1.